The summed E-state index contributed by atoms with van der Waals surface area (Å²) in [4.78, 5) is 0. The van der Waals surface area contributed by atoms with Crippen molar-refractivity contribution >= 4 is 9.84 Å². The zero-order chi connectivity index (χ0) is 13.6. The predicted molar refractivity (Wildman–Crippen MR) is 75.0 cm³/mol. The summed E-state index contributed by atoms with van der Waals surface area (Å²) in [5.41, 5.74) is 1.28. The molecule has 0 amide bonds. The molecule has 102 valence electrons. The molecule has 0 saturated heterocycles. The number of sulfone groups is 1. The first kappa shape index (κ1) is 15.0. The third kappa shape index (κ3) is 4.69. The average molecular weight is 270 g/mol. The molecule has 0 aliphatic carbocycles. The van der Waals surface area contributed by atoms with Crippen LogP contribution in [-0.2, 0) is 9.84 Å². The summed E-state index contributed by atoms with van der Waals surface area (Å²) in [7, 11) is -2.94. The van der Waals surface area contributed by atoms with Gasteiger partial charge in [0.2, 0.25) is 0 Å². The van der Waals surface area contributed by atoms with Gasteiger partial charge < -0.3 is 4.74 Å². The molecule has 0 aliphatic heterocycles. The Kier molecular flexibility index (Phi) is 5.66. The molecule has 0 radical (unpaired) electrons. The Morgan fingerprint density at radius 2 is 1.78 bits per heavy atom. The molecule has 1 aromatic rings. The van der Waals surface area contributed by atoms with Crippen LogP contribution in [0.2, 0.25) is 0 Å². The average Bonchev–Trinajstić information content (AvgIpc) is 2.38. The predicted octanol–water partition coefficient (Wildman–Crippen LogP) is 3.01. The Balaban J connectivity index is 2.50. The van der Waals surface area contributed by atoms with E-state index in [4.69, 9.17) is 4.74 Å². The van der Waals surface area contributed by atoms with Gasteiger partial charge in [-0.1, -0.05) is 32.9 Å². The van der Waals surface area contributed by atoms with Gasteiger partial charge in [-0.15, -0.1) is 0 Å². The number of ether oxygens (including phenoxy) is 1. The van der Waals surface area contributed by atoms with Gasteiger partial charge in [0.1, 0.15) is 12.4 Å². The van der Waals surface area contributed by atoms with Crippen molar-refractivity contribution in [3.8, 4) is 5.75 Å². The van der Waals surface area contributed by atoms with Crippen LogP contribution < -0.4 is 4.74 Å². The SMILES string of the molecule is CCC(C)c1ccc(OCCS(=O)(=O)CC)cc1. The van der Waals surface area contributed by atoms with Crippen molar-refractivity contribution in [1.82, 2.24) is 0 Å². The maximum atomic E-state index is 11.3. The minimum absolute atomic E-state index is 0.0800. The highest BCUT2D eigenvalue weighted by Crippen LogP contribution is 2.21. The van der Waals surface area contributed by atoms with E-state index in [1.807, 2.05) is 24.3 Å². The first-order chi connectivity index (χ1) is 8.48. The highest BCUT2D eigenvalue weighted by Gasteiger charge is 2.07. The van der Waals surface area contributed by atoms with E-state index in [9.17, 15) is 8.42 Å². The molecule has 0 N–H and O–H groups in total. The molecule has 0 bridgehead atoms. The third-order valence-electron chi connectivity index (χ3n) is 3.16. The zero-order valence-corrected chi connectivity index (χ0v) is 12.2. The van der Waals surface area contributed by atoms with Gasteiger partial charge in [0, 0.05) is 5.75 Å². The van der Waals surface area contributed by atoms with E-state index in [2.05, 4.69) is 13.8 Å². The standard InChI is InChI=1S/C14H22O3S/c1-4-12(3)13-6-8-14(9-7-13)17-10-11-18(15,16)5-2/h6-9,12H,4-5,10-11H2,1-3H3. The molecule has 0 spiro atoms. The van der Waals surface area contributed by atoms with E-state index in [1.54, 1.807) is 6.92 Å². The van der Waals surface area contributed by atoms with Crippen LogP contribution in [0.4, 0.5) is 0 Å². The molecule has 4 heteroatoms. The van der Waals surface area contributed by atoms with E-state index < -0.39 is 9.84 Å². The largest absolute Gasteiger partial charge is 0.493 e. The highest BCUT2D eigenvalue weighted by atomic mass is 32.2. The summed E-state index contributed by atoms with van der Waals surface area (Å²) in [5.74, 6) is 1.52. The second-order valence-electron chi connectivity index (χ2n) is 4.46. The lowest BCUT2D eigenvalue weighted by molar-refractivity contribution is 0.340. The van der Waals surface area contributed by atoms with Crippen molar-refractivity contribution in [2.45, 2.75) is 33.1 Å². The first-order valence-electron chi connectivity index (χ1n) is 6.41. The Labute approximate surface area is 110 Å². The molecule has 0 aliphatic rings. The molecule has 1 atom stereocenters. The van der Waals surface area contributed by atoms with Crippen LogP contribution >= 0.6 is 0 Å². The fraction of sp³-hybridized carbons (Fsp3) is 0.571. The van der Waals surface area contributed by atoms with Gasteiger partial charge in [-0.3, -0.25) is 0 Å². The summed E-state index contributed by atoms with van der Waals surface area (Å²) >= 11 is 0. The molecule has 0 fully saturated rings. The van der Waals surface area contributed by atoms with E-state index in [0.29, 0.717) is 5.92 Å². The summed E-state index contributed by atoms with van der Waals surface area (Å²) in [6.07, 6.45) is 1.11. The smallest absolute Gasteiger partial charge is 0.153 e. The second kappa shape index (κ2) is 6.78. The van der Waals surface area contributed by atoms with E-state index in [1.165, 1.54) is 5.56 Å². The van der Waals surface area contributed by atoms with Gasteiger partial charge in [-0.25, -0.2) is 8.42 Å². The van der Waals surface area contributed by atoms with Gasteiger partial charge in [-0.2, -0.15) is 0 Å². The minimum Gasteiger partial charge on any atom is -0.493 e. The Hall–Kier alpha value is -1.03. The van der Waals surface area contributed by atoms with Crippen molar-refractivity contribution in [3.05, 3.63) is 29.8 Å². The van der Waals surface area contributed by atoms with Gasteiger partial charge in [-0.05, 0) is 30.0 Å². The van der Waals surface area contributed by atoms with Crippen LogP contribution in [-0.4, -0.2) is 26.5 Å². The van der Waals surface area contributed by atoms with E-state index in [0.717, 1.165) is 12.2 Å². The highest BCUT2D eigenvalue weighted by molar-refractivity contribution is 7.91. The number of benzene rings is 1. The van der Waals surface area contributed by atoms with Crippen molar-refractivity contribution in [2.24, 2.45) is 0 Å². The Bertz CT molecular complexity index is 448. The molecule has 0 saturated carbocycles. The molecule has 0 aromatic heterocycles. The summed E-state index contributed by atoms with van der Waals surface area (Å²) in [6, 6.07) is 7.88. The Morgan fingerprint density at radius 3 is 2.28 bits per heavy atom. The number of hydrogen-bond donors (Lipinski definition) is 0. The van der Waals surface area contributed by atoms with Gasteiger partial charge in [0.15, 0.2) is 9.84 Å². The second-order valence-corrected chi connectivity index (χ2v) is 6.94. The van der Waals surface area contributed by atoms with Crippen molar-refractivity contribution in [3.63, 3.8) is 0 Å². The normalized spacial score (nSPS) is 13.3. The van der Waals surface area contributed by atoms with Crippen LogP contribution in [0.3, 0.4) is 0 Å². The van der Waals surface area contributed by atoms with Crippen LogP contribution in [0.1, 0.15) is 38.7 Å². The number of hydrogen-bond acceptors (Lipinski definition) is 3. The maximum Gasteiger partial charge on any atom is 0.153 e. The van der Waals surface area contributed by atoms with Crippen molar-refractivity contribution in [1.29, 1.82) is 0 Å². The fourth-order valence-electron chi connectivity index (χ4n) is 1.56. The van der Waals surface area contributed by atoms with Crippen LogP contribution in [0, 0.1) is 0 Å². The maximum absolute atomic E-state index is 11.3. The van der Waals surface area contributed by atoms with Crippen LogP contribution in [0.25, 0.3) is 0 Å². The molecule has 0 heterocycles. The molecule has 3 nitrogen and oxygen atoms in total. The molecule has 18 heavy (non-hydrogen) atoms. The first-order valence-corrected chi connectivity index (χ1v) is 8.23. The monoisotopic (exact) mass is 270 g/mol. The summed E-state index contributed by atoms with van der Waals surface area (Å²) < 4.78 is 28.0. The lowest BCUT2D eigenvalue weighted by Gasteiger charge is -2.10. The third-order valence-corrected chi connectivity index (χ3v) is 4.83. The molecule has 1 aromatic carbocycles. The molecule has 1 unspecified atom stereocenters. The quantitative estimate of drug-likeness (QED) is 0.765. The summed E-state index contributed by atoms with van der Waals surface area (Å²) in [5, 5.41) is 0. The molecule has 1 rings (SSSR count). The van der Waals surface area contributed by atoms with Gasteiger partial charge >= 0.3 is 0 Å². The number of rotatable bonds is 7. The van der Waals surface area contributed by atoms with Crippen LogP contribution in [0.15, 0.2) is 24.3 Å². The Morgan fingerprint density at radius 1 is 1.17 bits per heavy atom. The zero-order valence-electron chi connectivity index (χ0n) is 11.3. The minimum atomic E-state index is -2.94. The van der Waals surface area contributed by atoms with Crippen molar-refractivity contribution in [2.75, 3.05) is 18.1 Å². The van der Waals surface area contributed by atoms with E-state index in [-0.39, 0.29) is 18.1 Å². The lowest BCUT2D eigenvalue weighted by Crippen LogP contribution is -2.15. The molecular formula is C14H22O3S. The molecular weight excluding hydrogens is 248 g/mol. The van der Waals surface area contributed by atoms with Gasteiger partial charge in [0.05, 0.1) is 5.75 Å². The van der Waals surface area contributed by atoms with Crippen molar-refractivity contribution < 1.29 is 13.2 Å². The van der Waals surface area contributed by atoms with Gasteiger partial charge in [0.25, 0.3) is 0 Å². The van der Waals surface area contributed by atoms with Crippen LogP contribution in [0.5, 0.6) is 5.75 Å². The van der Waals surface area contributed by atoms with E-state index >= 15 is 0 Å². The lowest BCUT2D eigenvalue weighted by atomic mass is 9.99. The summed E-state index contributed by atoms with van der Waals surface area (Å²) in [6.45, 7) is 6.21. The fourth-order valence-corrected chi connectivity index (χ4v) is 2.19. The topological polar surface area (TPSA) is 43.4 Å².